The minimum atomic E-state index is -0.655. The second-order valence-electron chi connectivity index (χ2n) is 6.48. The first kappa shape index (κ1) is 22.2. The minimum Gasteiger partial charge on any atom is -0.482 e. The maximum absolute atomic E-state index is 12.8. The molecule has 3 aromatic rings. The van der Waals surface area contributed by atoms with Gasteiger partial charge < -0.3 is 14.8 Å². The lowest BCUT2D eigenvalue weighted by Crippen LogP contribution is -2.27. The van der Waals surface area contributed by atoms with Gasteiger partial charge in [0.2, 0.25) is 5.82 Å². The van der Waals surface area contributed by atoms with Crippen LogP contribution in [-0.4, -0.2) is 45.3 Å². The summed E-state index contributed by atoms with van der Waals surface area (Å²) in [7, 11) is 0. The number of aromatic nitrogens is 4. The molecule has 0 radical (unpaired) electrons. The molecule has 0 bridgehead atoms. The maximum atomic E-state index is 12.8. The average molecular weight is 444 g/mol. The molecule has 0 saturated heterocycles. The largest absolute Gasteiger partial charge is 0.482 e. The number of nitrogens with zero attached hydrogens (tertiary/aromatic N) is 4. The van der Waals surface area contributed by atoms with Crippen LogP contribution in [0.25, 0.3) is 11.4 Å². The van der Waals surface area contributed by atoms with Crippen molar-refractivity contribution in [2.75, 3.05) is 18.5 Å². The number of benzene rings is 2. The molecule has 1 unspecified atom stereocenters. The van der Waals surface area contributed by atoms with Crippen molar-refractivity contribution < 1.29 is 19.1 Å². The molecule has 0 fully saturated rings. The summed E-state index contributed by atoms with van der Waals surface area (Å²) in [5.41, 5.74) is 1.26. The number of amides is 1. The summed E-state index contributed by atoms with van der Waals surface area (Å²) in [6.07, 6.45) is 0.460. The summed E-state index contributed by atoms with van der Waals surface area (Å²) in [5.74, 6) is 0.0712. The summed E-state index contributed by atoms with van der Waals surface area (Å²) >= 11 is 5.91. The quantitative estimate of drug-likeness (QED) is 0.504. The highest BCUT2D eigenvalue weighted by Crippen LogP contribution is 2.21. The van der Waals surface area contributed by atoms with E-state index in [-0.39, 0.29) is 19.1 Å². The molecule has 1 aromatic heterocycles. The predicted molar refractivity (Wildman–Crippen MR) is 115 cm³/mol. The number of halogens is 1. The number of rotatable bonds is 9. The molecule has 0 aliphatic rings. The molecular formula is C21H22ClN5O4. The number of anilines is 1. The van der Waals surface area contributed by atoms with Gasteiger partial charge in [0.05, 0.1) is 6.61 Å². The van der Waals surface area contributed by atoms with E-state index < -0.39 is 12.0 Å². The van der Waals surface area contributed by atoms with E-state index in [2.05, 4.69) is 20.7 Å². The van der Waals surface area contributed by atoms with Crippen LogP contribution in [-0.2, 0) is 14.3 Å². The molecule has 1 N–H and O–H groups in total. The number of nitrogens with one attached hydrogen (secondary N) is 1. The molecule has 31 heavy (non-hydrogen) atoms. The summed E-state index contributed by atoms with van der Waals surface area (Å²) < 4.78 is 10.2. The molecule has 0 aliphatic heterocycles. The van der Waals surface area contributed by atoms with Gasteiger partial charge in [0.15, 0.2) is 12.6 Å². The summed E-state index contributed by atoms with van der Waals surface area (Å²) in [5, 5.41) is 15.8. The first-order chi connectivity index (χ1) is 15.0. The fourth-order valence-corrected chi connectivity index (χ4v) is 2.89. The van der Waals surface area contributed by atoms with E-state index in [0.717, 1.165) is 5.56 Å². The molecule has 0 aliphatic carbocycles. The van der Waals surface area contributed by atoms with Crippen molar-refractivity contribution in [3.05, 3.63) is 53.6 Å². The number of esters is 1. The third-order valence-electron chi connectivity index (χ3n) is 4.26. The zero-order valence-electron chi connectivity index (χ0n) is 17.1. The van der Waals surface area contributed by atoms with E-state index in [4.69, 9.17) is 21.1 Å². The van der Waals surface area contributed by atoms with Crippen LogP contribution in [0.15, 0.2) is 48.5 Å². The fourth-order valence-electron chi connectivity index (χ4n) is 2.76. The number of ether oxygens (including phenoxy) is 2. The second kappa shape index (κ2) is 10.5. The number of carbonyl (C=O) groups is 2. The summed E-state index contributed by atoms with van der Waals surface area (Å²) in [6.45, 7) is 3.65. The monoisotopic (exact) mass is 443 g/mol. The van der Waals surface area contributed by atoms with Crippen molar-refractivity contribution in [2.24, 2.45) is 0 Å². The van der Waals surface area contributed by atoms with E-state index in [1.54, 1.807) is 55.5 Å². The van der Waals surface area contributed by atoms with Crippen molar-refractivity contribution >= 4 is 29.2 Å². The Labute approximate surface area is 184 Å². The molecule has 9 nitrogen and oxygen atoms in total. The average Bonchev–Trinajstić information content (AvgIpc) is 3.23. The first-order valence-corrected chi connectivity index (χ1v) is 10.1. The number of hydrogen-bond acceptors (Lipinski definition) is 7. The predicted octanol–water partition coefficient (Wildman–Crippen LogP) is 3.53. The number of tetrazole rings is 1. The van der Waals surface area contributed by atoms with E-state index in [1.807, 2.05) is 6.92 Å². The van der Waals surface area contributed by atoms with E-state index >= 15 is 0 Å². The van der Waals surface area contributed by atoms with E-state index in [0.29, 0.717) is 28.7 Å². The lowest BCUT2D eigenvalue weighted by Gasteiger charge is -2.14. The van der Waals surface area contributed by atoms with Gasteiger partial charge in [0.1, 0.15) is 5.75 Å². The van der Waals surface area contributed by atoms with Crippen LogP contribution < -0.4 is 10.1 Å². The van der Waals surface area contributed by atoms with Crippen LogP contribution in [0.1, 0.15) is 26.3 Å². The molecule has 1 heterocycles. The Bertz CT molecular complexity index is 1040. The van der Waals surface area contributed by atoms with Crippen molar-refractivity contribution in [1.29, 1.82) is 0 Å². The molecule has 0 saturated carbocycles. The van der Waals surface area contributed by atoms with Crippen LogP contribution in [0.3, 0.4) is 0 Å². The van der Waals surface area contributed by atoms with Crippen LogP contribution in [0.2, 0.25) is 5.02 Å². The zero-order valence-corrected chi connectivity index (χ0v) is 17.9. The standard InChI is InChI=1S/C21H22ClN5O4/c1-3-18(27-25-20(24-26-27)14-8-10-15(22)11-9-14)21(29)23-16-6-5-7-17(12-16)31-13-19(28)30-4-2/h5-12,18H,3-4,13H2,1-2H3,(H,23,29). The Balaban J connectivity index is 1.67. The highest BCUT2D eigenvalue weighted by molar-refractivity contribution is 6.30. The third kappa shape index (κ3) is 6.02. The normalized spacial score (nSPS) is 11.6. The molecule has 10 heteroatoms. The van der Waals surface area contributed by atoms with Gasteiger partial charge in [-0.2, -0.15) is 4.80 Å². The summed E-state index contributed by atoms with van der Waals surface area (Å²) in [4.78, 5) is 25.6. The van der Waals surface area contributed by atoms with Gasteiger partial charge >= 0.3 is 5.97 Å². The fraction of sp³-hybridized carbons (Fsp3) is 0.286. The minimum absolute atomic E-state index is 0.209. The second-order valence-corrected chi connectivity index (χ2v) is 6.91. The molecule has 1 amide bonds. The van der Waals surface area contributed by atoms with Crippen LogP contribution in [0.5, 0.6) is 5.75 Å². The van der Waals surface area contributed by atoms with Crippen molar-refractivity contribution in [2.45, 2.75) is 26.3 Å². The number of hydrogen-bond donors (Lipinski definition) is 1. The SMILES string of the molecule is CCOC(=O)COc1cccc(NC(=O)C(CC)n2nnc(-c3ccc(Cl)cc3)n2)c1. The van der Waals surface area contributed by atoms with Gasteiger partial charge in [-0.3, -0.25) is 4.79 Å². The lowest BCUT2D eigenvalue weighted by atomic mass is 10.2. The number of carbonyl (C=O) groups excluding carboxylic acids is 2. The molecular weight excluding hydrogens is 422 g/mol. The van der Waals surface area contributed by atoms with Gasteiger partial charge in [-0.25, -0.2) is 4.79 Å². The van der Waals surface area contributed by atoms with Crippen molar-refractivity contribution in [3.63, 3.8) is 0 Å². The summed E-state index contributed by atoms with van der Waals surface area (Å²) in [6, 6.07) is 13.1. The topological polar surface area (TPSA) is 108 Å². The van der Waals surface area contributed by atoms with Crippen LogP contribution >= 0.6 is 11.6 Å². The Morgan fingerprint density at radius 1 is 1.16 bits per heavy atom. The van der Waals surface area contributed by atoms with Crippen molar-refractivity contribution in [1.82, 2.24) is 20.2 Å². The Kier molecular flexibility index (Phi) is 7.55. The van der Waals surface area contributed by atoms with Gasteiger partial charge in [0.25, 0.3) is 5.91 Å². The first-order valence-electron chi connectivity index (χ1n) is 9.75. The highest BCUT2D eigenvalue weighted by Gasteiger charge is 2.22. The van der Waals surface area contributed by atoms with Gasteiger partial charge in [-0.05, 0) is 55.0 Å². The van der Waals surface area contributed by atoms with Gasteiger partial charge in [-0.1, -0.05) is 24.6 Å². The van der Waals surface area contributed by atoms with Gasteiger partial charge in [0, 0.05) is 22.3 Å². The smallest absolute Gasteiger partial charge is 0.344 e. The molecule has 3 rings (SSSR count). The molecule has 2 aromatic carbocycles. The third-order valence-corrected chi connectivity index (χ3v) is 4.51. The molecule has 1 atom stereocenters. The van der Waals surface area contributed by atoms with Crippen LogP contribution in [0.4, 0.5) is 5.69 Å². The Hall–Kier alpha value is -3.46. The van der Waals surface area contributed by atoms with E-state index in [1.165, 1.54) is 4.80 Å². The molecule has 162 valence electrons. The van der Waals surface area contributed by atoms with Crippen LogP contribution in [0, 0.1) is 0 Å². The van der Waals surface area contributed by atoms with Gasteiger partial charge in [-0.15, -0.1) is 10.2 Å². The highest BCUT2D eigenvalue weighted by atomic mass is 35.5. The maximum Gasteiger partial charge on any atom is 0.344 e. The van der Waals surface area contributed by atoms with E-state index in [9.17, 15) is 9.59 Å². The van der Waals surface area contributed by atoms with Crippen molar-refractivity contribution in [3.8, 4) is 17.1 Å². The Morgan fingerprint density at radius 2 is 1.94 bits per heavy atom. The molecule has 0 spiro atoms. The lowest BCUT2D eigenvalue weighted by molar-refractivity contribution is -0.145. The zero-order chi connectivity index (χ0) is 22.2. The Morgan fingerprint density at radius 3 is 2.65 bits per heavy atom.